The van der Waals surface area contributed by atoms with Gasteiger partial charge in [0.25, 0.3) is 0 Å². The molecule has 5 nitrogen and oxygen atoms in total. The van der Waals surface area contributed by atoms with Gasteiger partial charge in [0, 0.05) is 13.1 Å². The molecule has 0 radical (unpaired) electrons. The van der Waals surface area contributed by atoms with Gasteiger partial charge in [-0.15, -0.1) is 0 Å². The van der Waals surface area contributed by atoms with E-state index in [2.05, 4.69) is 0 Å². The Morgan fingerprint density at radius 2 is 2.10 bits per heavy atom. The molecule has 0 saturated heterocycles. The van der Waals surface area contributed by atoms with Crippen LogP contribution in [0.2, 0.25) is 0 Å². The first kappa shape index (κ1) is 15.2. The van der Waals surface area contributed by atoms with Gasteiger partial charge < -0.3 is 20.5 Å². The van der Waals surface area contributed by atoms with Gasteiger partial charge >= 0.3 is 6.09 Å². The first-order chi connectivity index (χ1) is 9.76. The number of phenols is 1. The number of carbonyl (C=O) groups excluding carboxylic acids is 1. The Morgan fingerprint density at radius 1 is 1.38 bits per heavy atom. The number of benzene rings is 1. The maximum atomic E-state index is 12.0. The average molecular weight is 290 g/mol. The molecule has 1 aromatic carbocycles. The number of nitrogen functional groups attached to an aromatic ring is 1. The SMILES string of the molecule is CC(C)(C)OC(=O)N1CC=C(c2ccc(O)c(N)c2)CC1. The Hall–Kier alpha value is -2.17. The fourth-order valence-corrected chi connectivity index (χ4v) is 2.18. The van der Waals surface area contributed by atoms with E-state index in [9.17, 15) is 9.90 Å². The van der Waals surface area contributed by atoms with Crippen LogP contribution in [0.4, 0.5) is 10.5 Å². The lowest BCUT2D eigenvalue weighted by molar-refractivity contribution is 0.0270. The number of hydrogen-bond donors (Lipinski definition) is 2. The van der Waals surface area contributed by atoms with Crippen LogP contribution in [-0.2, 0) is 4.74 Å². The summed E-state index contributed by atoms with van der Waals surface area (Å²) in [5.74, 6) is 0.0885. The van der Waals surface area contributed by atoms with Crippen LogP contribution in [-0.4, -0.2) is 34.8 Å². The van der Waals surface area contributed by atoms with Gasteiger partial charge in [0.1, 0.15) is 11.4 Å². The van der Waals surface area contributed by atoms with Crippen LogP contribution in [0.15, 0.2) is 24.3 Å². The van der Waals surface area contributed by atoms with Crippen LogP contribution >= 0.6 is 0 Å². The third-order valence-corrected chi connectivity index (χ3v) is 3.26. The second kappa shape index (κ2) is 5.68. The molecule has 5 heteroatoms. The minimum atomic E-state index is -0.480. The van der Waals surface area contributed by atoms with Crippen LogP contribution < -0.4 is 5.73 Å². The number of amides is 1. The molecule has 0 aliphatic carbocycles. The van der Waals surface area contributed by atoms with Gasteiger partial charge in [-0.3, -0.25) is 0 Å². The third kappa shape index (κ3) is 3.90. The Morgan fingerprint density at radius 3 is 2.62 bits per heavy atom. The minimum absolute atomic E-state index is 0.0885. The number of phenolic OH excluding ortho intramolecular Hbond substituents is 1. The van der Waals surface area contributed by atoms with Gasteiger partial charge in [-0.05, 0) is 50.5 Å². The van der Waals surface area contributed by atoms with Crippen LogP contribution in [0.1, 0.15) is 32.8 Å². The molecule has 0 spiro atoms. The van der Waals surface area contributed by atoms with Crippen LogP contribution in [0.5, 0.6) is 5.75 Å². The number of anilines is 1. The van der Waals surface area contributed by atoms with E-state index in [0.29, 0.717) is 18.8 Å². The van der Waals surface area contributed by atoms with Crippen molar-refractivity contribution < 1.29 is 14.6 Å². The highest BCUT2D eigenvalue weighted by Crippen LogP contribution is 2.28. The summed E-state index contributed by atoms with van der Waals surface area (Å²) in [6.07, 6.45) is 2.45. The van der Waals surface area contributed by atoms with E-state index in [1.54, 1.807) is 17.0 Å². The zero-order valence-corrected chi connectivity index (χ0v) is 12.7. The van der Waals surface area contributed by atoms with Gasteiger partial charge in [0.2, 0.25) is 0 Å². The number of hydrogen-bond acceptors (Lipinski definition) is 4. The van der Waals surface area contributed by atoms with E-state index in [1.807, 2.05) is 32.9 Å². The van der Waals surface area contributed by atoms with Crippen molar-refractivity contribution in [2.75, 3.05) is 18.8 Å². The maximum Gasteiger partial charge on any atom is 0.410 e. The summed E-state index contributed by atoms with van der Waals surface area (Å²) in [4.78, 5) is 13.7. The molecule has 1 amide bonds. The summed E-state index contributed by atoms with van der Waals surface area (Å²) in [6.45, 7) is 6.70. The third-order valence-electron chi connectivity index (χ3n) is 3.26. The Bertz CT molecular complexity index is 573. The van der Waals surface area contributed by atoms with Crippen molar-refractivity contribution in [1.82, 2.24) is 4.90 Å². The molecule has 0 unspecified atom stereocenters. The fourth-order valence-electron chi connectivity index (χ4n) is 2.18. The maximum absolute atomic E-state index is 12.0. The molecule has 1 aliphatic rings. The number of rotatable bonds is 1. The average Bonchev–Trinajstić information content (AvgIpc) is 2.40. The summed E-state index contributed by atoms with van der Waals surface area (Å²) in [7, 11) is 0. The molecular formula is C16H22N2O3. The van der Waals surface area contributed by atoms with Crippen LogP contribution in [0.3, 0.4) is 0 Å². The fraction of sp³-hybridized carbons (Fsp3) is 0.438. The smallest absolute Gasteiger partial charge is 0.410 e. The number of carbonyl (C=O) groups is 1. The molecule has 3 N–H and O–H groups in total. The molecule has 0 saturated carbocycles. The van der Waals surface area contributed by atoms with Gasteiger partial charge in [-0.2, -0.15) is 0 Å². The van der Waals surface area contributed by atoms with E-state index in [-0.39, 0.29) is 11.8 Å². The first-order valence-electron chi connectivity index (χ1n) is 7.02. The first-order valence-corrected chi connectivity index (χ1v) is 7.02. The van der Waals surface area contributed by atoms with Crippen molar-refractivity contribution in [1.29, 1.82) is 0 Å². The second-order valence-corrected chi connectivity index (χ2v) is 6.18. The molecule has 0 aromatic heterocycles. The van der Waals surface area contributed by atoms with Crippen molar-refractivity contribution in [2.24, 2.45) is 0 Å². The largest absolute Gasteiger partial charge is 0.506 e. The predicted octanol–water partition coefficient (Wildman–Crippen LogP) is 3.00. The Kier molecular flexibility index (Phi) is 4.11. The number of aromatic hydroxyl groups is 1. The second-order valence-electron chi connectivity index (χ2n) is 6.18. The lowest BCUT2D eigenvalue weighted by atomic mass is 9.99. The summed E-state index contributed by atoms with van der Waals surface area (Å²) < 4.78 is 5.36. The molecule has 2 rings (SSSR count). The van der Waals surface area contributed by atoms with Gasteiger partial charge in [-0.25, -0.2) is 4.79 Å². The summed E-state index contributed by atoms with van der Waals surface area (Å²) >= 11 is 0. The molecule has 1 aromatic rings. The van der Waals surface area contributed by atoms with Crippen molar-refractivity contribution in [3.05, 3.63) is 29.8 Å². The summed E-state index contributed by atoms with van der Waals surface area (Å²) in [5.41, 5.74) is 7.70. The topological polar surface area (TPSA) is 75.8 Å². The van der Waals surface area contributed by atoms with Crippen molar-refractivity contribution in [2.45, 2.75) is 32.8 Å². The molecule has 21 heavy (non-hydrogen) atoms. The minimum Gasteiger partial charge on any atom is -0.506 e. The quantitative estimate of drug-likeness (QED) is 0.616. The van der Waals surface area contributed by atoms with Gasteiger partial charge in [0.15, 0.2) is 0 Å². The lowest BCUT2D eigenvalue weighted by Crippen LogP contribution is -2.39. The van der Waals surface area contributed by atoms with Gasteiger partial charge in [-0.1, -0.05) is 12.1 Å². The summed E-state index contributed by atoms with van der Waals surface area (Å²) in [5, 5.41) is 9.45. The monoisotopic (exact) mass is 290 g/mol. The van der Waals surface area contributed by atoms with Gasteiger partial charge in [0.05, 0.1) is 5.69 Å². The van der Waals surface area contributed by atoms with Crippen molar-refractivity contribution in [3.8, 4) is 5.75 Å². The lowest BCUT2D eigenvalue weighted by Gasteiger charge is -2.29. The van der Waals surface area contributed by atoms with E-state index >= 15 is 0 Å². The standard InChI is InChI=1S/C16H22N2O3/c1-16(2,3)21-15(20)18-8-6-11(7-9-18)12-4-5-14(19)13(17)10-12/h4-6,10,19H,7-9,17H2,1-3H3. The summed E-state index contributed by atoms with van der Waals surface area (Å²) in [6, 6.07) is 5.18. The van der Waals surface area contributed by atoms with E-state index in [4.69, 9.17) is 10.5 Å². The van der Waals surface area contributed by atoms with Crippen LogP contribution in [0.25, 0.3) is 5.57 Å². The number of nitrogens with zero attached hydrogens (tertiary/aromatic N) is 1. The molecule has 1 heterocycles. The zero-order chi connectivity index (χ0) is 15.6. The molecule has 0 atom stereocenters. The zero-order valence-electron chi connectivity index (χ0n) is 12.7. The van der Waals surface area contributed by atoms with E-state index < -0.39 is 5.60 Å². The number of nitrogens with two attached hydrogens (primary N) is 1. The molecular weight excluding hydrogens is 268 g/mol. The van der Waals surface area contributed by atoms with E-state index in [1.165, 1.54) is 0 Å². The Labute approximate surface area is 125 Å². The predicted molar refractivity (Wildman–Crippen MR) is 82.9 cm³/mol. The highest BCUT2D eigenvalue weighted by atomic mass is 16.6. The van der Waals surface area contributed by atoms with Crippen molar-refractivity contribution >= 4 is 17.4 Å². The molecule has 0 fully saturated rings. The Balaban J connectivity index is 2.05. The van der Waals surface area contributed by atoms with Crippen molar-refractivity contribution in [3.63, 3.8) is 0 Å². The molecule has 0 bridgehead atoms. The highest BCUT2D eigenvalue weighted by molar-refractivity contribution is 5.74. The van der Waals surface area contributed by atoms with Crippen LogP contribution in [0, 0.1) is 0 Å². The molecule has 114 valence electrons. The highest BCUT2D eigenvalue weighted by Gasteiger charge is 2.23. The number of ether oxygens (including phenoxy) is 1. The normalized spacial score (nSPS) is 15.6. The molecule has 1 aliphatic heterocycles. The van der Waals surface area contributed by atoms with E-state index in [0.717, 1.165) is 17.6 Å².